The summed E-state index contributed by atoms with van der Waals surface area (Å²) in [4.78, 5) is 11.0. The summed E-state index contributed by atoms with van der Waals surface area (Å²) in [5.74, 6) is 0.812. The number of nitrogens with zero attached hydrogens (tertiary/aromatic N) is 4. The van der Waals surface area contributed by atoms with E-state index in [-0.39, 0.29) is 11.6 Å². The van der Waals surface area contributed by atoms with E-state index in [9.17, 15) is 4.39 Å². The number of halogens is 1. The van der Waals surface area contributed by atoms with E-state index < -0.39 is 5.82 Å². The van der Waals surface area contributed by atoms with Crippen molar-refractivity contribution in [3.8, 4) is 28.8 Å². The zero-order valence-corrected chi connectivity index (χ0v) is 13.4. The second-order valence-corrected chi connectivity index (χ2v) is 5.39. The van der Waals surface area contributed by atoms with Gasteiger partial charge in [-0.05, 0) is 13.0 Å². The first-order valence-corrected chi connectivity index (χ1v) is 7.64. The van der Waals surface area contributed by atoms with Gasteiger partial charge in [-0.3, -0.25) is 0 Å². The molecule has 0 saturated heterocycles. The molecule has 2 aliphatic rings. The van der Waals surface area contributed by atoms with E-state index >= 15 is 0 Å². The lowest BCUT2D eigenvalue weighted by Gasteiger charge is -2.09. The molecule has 4 rings (SSSR count). The van der Waals surface area contributed by atoms with E-state index in [1.165, 1.54) is 18.7 Å². The van der Waals surface area contributed by atoms with Crippen molar-refractivity contribution < 1.29 is 13.9 Å². The lowest BCUT2D eigenvalue weighted by atomic mass is 10.2. The molecule has 8 nitrogen and oxygen atoms in total. The average molecular weight is 342 g/mol. The number of fused-ring (bicyclic) bond motifs is 2. The lowest BCUT2D eigenvalue weighted by molar-refractivity contribution is 0.326. The molecule has 0 radical (unpaired) electrons. The van der Waals surface area contributed by atoms with Crippen molar-refractivity contribution in [2.75, 3.05) is 13.2 Å². The fourth-order valence-electron chi connectivity index (χ4n) is 2.63. The SMILES string of the molecule is Cc1c(OCCN)cn2ncnc(Oc3c[nH]c4nccc-4c3F)c12. The van der Waals surface area contributed by atoms with Crippen LogP contribution in [0.1, 0.15) is 5.56 Å². The van der Waals surface area contributed by atoms with E-state index in [2.05, 4.69) is 20.1 Å². The molecule has 0 spiro atoms. The van der Waals surface area contributed by atoms with Crippen molar-refractivity contribution in [1.29, 1.82) is 0 Å². The standard InChI is InChI=1S/C16H15FN6O2/c1-9-12(24-5-3-18)7-23-14(9)16(21-8-22-23)25-11-6-20-15-10(13(11)17)2-4-19-15/h2,4,6-8H,3,5,18H2,1H3,(H,19,20). The van der Waals surface area contributed by atoms with E-state index in [0.717, 1.165) is 5.56 Å². The molecule has 9 heteroatoms. The molecule has 0 atom stereocenters. The Kier molecular flexibility index (Phi) is 3.69. The van der Waals surface area contributed by atoms with Gasteiger partial charge in [0.05, 0.1) is 11.8 Å². The molecule has 0 fully saturated rings. The van der Waals surface area contributed by atoms with Crippen LogP contribution in [-0.4, -0.2) is 37.7 Å². The summed E-state index contributed by atoms with van der Waals surface area (Å²) in [6.45, 7) is 2.63. The number of nitrogens with two attached hydrogens (primary N) is 1. The summed E-state index contributed by atoms with van der Waals surface area (Å²) in [5.41, 5.74) is 7.19. The smallest absolute Gasteiger partial charge is 0.247 e. The summed E-state index contributed by atoms with van der Waals surface area (Å²) in [7, 11) is 0. The van der Waals surface area contributed by atoms with Gasteiger partial charge in [0.1, 0.15) is 30.0 Å². The molecule has 2 aliphatic heterocycles. The van der Waals surface area contributed by atoms with Gasteiger partial charge in [0.25, 0.3) is 0 Å². The van der Waals surface area contributed by atoms with Crippen molar-refractivity contribution in [3.63, 3.8) is 0 Å². The largest absolute Gasteiger partial charge is 0.490 e. The molecular formula is C16H15FN6O2. The third kappa shape index (κ3) is 2.54. The highest BCUT2D eigenvalue weighted by Crippen LogP contribution is 2.35. The summed E-state index contributed by atoms with van der Waals surface area (Å²) in [5, 5.41) is 4.14. The number of hydrogen-bond acceptors (Lipinski definition) is 6. The minimum absolute atomic E-state index is 0.0196. The van der Waals surface area contributed by atoms with Gasteiger partial charge in [-0.2, -0.15) is 10.1 Å². The lowest BCUT2D eigenvalue weighted by Crippen LogP contribution is -2.10. The van der Waals surface area contributed by atoms with Crippen molar-refractivity contribution in [3.05, 3.63) is 42.4 Å². The minimum Gasteiger partial charge on any atom is -0.490 e. The number of hydrogen-bond donors (Lipinski definition) is 2. The van der Waals surface area contributed by atoms with E-state index in [4.69, 9.17) is 15.2 Å². The van der Waals surface area contributed by atoms with Crippen LogP contribution in [0.4, 0.5) is 4.39 Å². The Balaban J connectivity index is 1.77. The molecule has 0 unspecified atom stereocenters. The van der Waals surface area contributed by atoms with Gasteiger partial charge in [-0.1, -0.05) is 0 Å². The molecular weight excluding hydrogens is 327 g/mol. The maximum atomic E-state index is 14.6. The first kappa shape index (κ1) is 15.3. The molecule has 2 aromatic heterocycles. The zero-order chi connectivity index (χ0) is 17.4. The topological polar surface area (TPSA) is 103 Å². The molecule has 0 amide bonds. The number of rotatable bonds is 5. The highest BCUT2D eigenvalue weighted by atomic mass is 19.1. The second kappa shape index (κ2) is 6.02. The number of ether oxygens (including phenoxy) is 2. The Morgan fingerprint density at radius 1 is 1.32 bits per heavy atom. The van der Waals surface area contributed by atoms with Crippen LogP contribution in [0.5, 0.6) is 17.4 Å². The molecule has 2 aromatic rings. The van der Waals surface area contributed by atoms with Crippen molar-refractivity contribution in [1.82, 2.24) is 24.6 Å². The summed E-state index contributed by atoms with van der Waals surface area (Å²) in [6, 6.07) is 1.57. The predicted molar refractivity (Wildman–Crippen MR) is 87.5 cm³/mol. The number of aromatic nitrogens is 5. The Bertz CT molecular complexity index is 1010. The summed E-state index contributed by atoms with van der Waals surface area (Å²) >= 11 is 0. The first-order chi connectivity index (χ1) is 12.2. The van der Waals surface area contributed by atoms with Gasteiger partial charge in [0, 0.05) is 24.5 Å². The van der Waals surface area contributed by atoms with Crippen LogP contribution in [0, 0.1) is 12.7 Å². The van der Waals surface area contributed by atoms with Crippen LogP contribution in [-0.2, 0) is 0 Å². The van der Waals surface area contributed by atoms with Gasteiger partial charge >= 0.3 is 0 Å². The summed E-state index contributed by atoms with van der Waals surface area (Å²) in [6.07, 6.45) is 5.98. The highest BCUT2D eigenvalue weighted by molar-refractivity contribution is 5.68. The fourth-order valence-corrected chi connectivity index (χ4v) is 2.63. The van der Waals surface area contributed by atoms with Crippen LogP contribution in [0.25, 0.3) is 16.9 Å². The number of aromatic amines is 1. The van der Waals surface area contributed by atoms with Gasteiger partial charge in [-0.25, -0.2) is 13.9 Å². The quantitative estimate of drug-likeness (QED) is 0.576. The molecule has 25 heavy (non-hydrogen) atoms. The van der Waals surface area contributed by atoms with E-state index in [1.807, 2.05) is 6.92 Å². The third-order valence-corrected chi connectivity index (χ3v) is 3.82. The van der Waals surface area contributed by atoms with Gasteiger partial charge in [0.2, 0.25) is 5.88 Å². The van der Waals surface area contributed by atoms with Crippen molar-refractivity contribution in [2.45, 2.75) is 6.92 Å². The molecule has 128 valence electrons. The Hall–Kier alpha value is -3.20. The highest BCUT2D eigenvalue weighted by Gasteiger charge is 2.19. The summed E-state index contributed by atoms with van der Waals surface area (Å²) < 4.78 is 27.5. The normalized spacial score (nSPS) is 11.3. The molecule has 0 saturated carbocycles. The Morgan fingerprint density at radius 3 is 3.04 bits per heavy atom. The second-order valence-electron chi connectivity index (χ2n) is 5.39. The molecule has 0 aliphatic carbocycles. The van der Waals surface area contributed by atoms with Gasteiger partial charge < -0.3 is 20.2 Å². The third-order valence-electron chi connectivity index (χ3n) is 3.82. The molecule has 3 N–H and O–H groups in total. The maximum Gasteiger partial charge on any atom is 0.247 e. The van der Waals surface area contributed by atoms with E-state index in [0.29, 0.717) is 35.8 Å². The average Bonchev–Trinajstić information content (AvgIpc) is 3.21. The molecule has 4 heterocycles. The van der Waals surface area contributed by atoms with Gasteiger partial charge in [0.15, 0.2) is 11.6 Å². The molecule has 0 aromatic carbocycles. The Morgan fingerprint density at radius 2 is 2.20 bits per heavy atom. The zero-order valence-electron chi connectivity index (χ0n) is 13.4. The minimum atomic E-state index is -0.508. The van der Waals surface area contributed by atoms with Crippen molar-refractivity contribution in [2.24, 2.45) is 5.73 Å². The number of pyridine rings is 1. The van der Waals surface area contributed by atoms with Gasteiger partial charge in [-0.15, -0.1) is 0 Å². The monoisotopic (exact) mass is 342 g/mol. The first-order valence-electron chi connectivity index (χ1n) is 7.64. The van der Waals surface area contributed by atoms with Crippen LogP contribution in [0.2, 0.25) is 0 Å². The predicted octanol–water partition coefficient (Wildman–Crippen LogP) is 2.13. The van der Waals surface area contributed by atoms with Crippen LogP contribution < -0.4 is 15.2 Å². The maximum absolute atomic E-state index is 14.6. The fraction of sp³-hybridized carbons (Fsp3) is 0.188. The van der Waals surface area contributed by atoms with Crippen molar-refractivity contribution >= 4 is 5.52 Å². The van der Waals surface area contributed by atoms with Crippen LogP contribution in [0.3, 0.4) is 0 Å². The van der Waals surface area contributed by atoms with Crippen LogP contribution in [0.15, 0.2) is 31.0 Å². The van der Waals surface area contributed by atoms with E-state index in [1.54, 1.807) is 16.8 Å². The molecule has 0 bridgehead atoms. The van der Waals surface area contributed by atoms with Crippen LogP contribution >= 0.6 is 0 Å². The Labute approximate surface area is 141 Å². The number of H-pyrrole nitrogens is 1. The number of nitrogens with one attached hydrogen (secondary N) is 1. The number of aryl methyl sites for hydroxylation is 1.